The first-order valence-electron chi connectivity index (χ1n) is 11.5. The standard InChI is InChI=1S/C24H30N6O3/c1-16-12-17(2)29(27-16)14-18(3)28-10-7-20(8-11-28)30-23(6-9-25-30)26-24(31)19-4-5-21-22(13-19)33-15-32-21/h4-6,9,12-13,18,20H,7-8,10-11,14-15H2,1-3H3,(H,26,31)/t18-/m0/s1. The molecule has 1 N–H and O–H groups in total. The van der Waals surface area contributed by atoms with Crippen molar-refractivity contribution in [3.63, 3.8) is 0 Å². The molecule has 174 valence electrons. The third-order valence-corrected chi connectivity index (χ3v) is 6.56. The topological polar surface area (TPSA) is 86.4 Å². The van der Waals surface area contributed by atoms with Crippen LogP contribution in [0.4, 0.5) is 5.82 Å². The summed E-state index contributed by atoms with van der Waals surface area (Å²) in [5.41, 5.74) is 2.79. The lowest BCUT2D eigenvalue weighted by Gasteiger charge is -2.36. The molecule has 2 aliphatic rings. The van der Waals surface area contributed by atoms with Gasteiger partial charge in [0.15, 0.2) is 11.5 Å². The zero-order chi connectivity index (χ0) is 22.9. The van der Waals surface area contributed by atoms with E-state index in [0.717, 1.165) is 38.2 Å². The van der Waals surface area contributed by atoms with Crippen LogP contribution in [0.15, 0.2) is 36.5 Å². The maximum Gasteiger partial charge on any atom is 0.256 e. The first-order valence-corrected chi connectivity index (χ1v) is 11.5. The zero-order valence-electron chi connectivity index (χ0n) is 19.3. The number of carbonyl (C=O) groups excluding carboxylic acids is 1. The van der Waals surface area contributed by atoms with Gasteiger partial charge in [0.2, 0.25) is 6.79 Å². The van der Waals surface area contributed by atoms with Crippen LogP contribution in [0, 0.1) is 13.8 Å². The van der Waals surface area contributed by atoms with Crippen LogP contribution < -0.4 is 14.8 Å². The lowest BCUT2D eigenvalue weighted by atomic mass is 10.0. The van der Waals surface area contributed by atoms with Gasteiger partial charge in [-0.15, -0.1) is 0 Å². The number of aromatic nitrogens is 4. The van der Waals surface area contributed by atoms with Crippen LogP contribution in [-0.2, 0) is 6.54 Å². The molecular weight excluding hydrogens is 420 g/mol. The highest BCUT2D eigenvalue weighted by atomic mass is 16.7. The maximum absolute atomic E-state index is 12.8. The van der Waals surface area contributed by atoms with E-state index in [9.17, 15) is 4.79 Å². The maximum atomic E-state index is 12.8. The molecule has 2 aliphatic heterocycles. The van der Waals surface area contributed by atoms with Crippen molar-refractivity contribution in [2.75, 3.05) is 25.2 Å². The summed E-state index contributed by atoms with van der Waals surface area (Å²) in [6, 6.07) is 9.85. The number of benzene rings is 1. The number of amides is 1. The van der Waals surface area contributed by atoms with E-state index in [2.05, 4.69) is 45.0 Å². The number of rotatable bonds is 6. The Kier molecular flexibility index (Phi) is 5.80. The third-order valence-electron chi connectivity index (χ3n) is 6.56. The van der Waals surface area contributed by atoms with E-state index in [0.29, 0.717) is 28.9 Å². The Hall–Kier alpha value is -3.33. The fourth-order valence-electron chi connectivity index (χ4n) is 4.73. The predicted molar refractivity (Wildman–Crippen MR) is 124 cm³/mol. The summed E-state index contributed by atoms with van der Waals surface area (Å²) in [6.07, 6.45) is 3.71. The van der Waals surface area contributed by atoms with E-state index in [1.165, 1.54) is 5.69 Å². The van der Waals surface area contributed by atoms with Crippen LogP contribution >= 0.6 is 0 Å². The number of hydrogen-bond acceptors (Lipinski definition) is 6. The molecule has 4 heterocycles. The molecule has 5 rings (SSSR count). The van der Waals surface area contributed by atoms with Crippen molar-refractivity contribution in [3.05, 3.63) is 53.5 Å². The fourth-order valence-corrected chi connectivity index (χ4v) is 4.73. The Labute approximate surface area is 193 Å². The number of anilines is 1. The van der Waals surface area contributed by atoms with Gasteiger partial charge in [-0.1, -0.05) is 0 Å². The molecule has 2 aromatic heterocycles. The first kappa shape index (κ1) is 21.5. The highest BCUT2D eigenvalue weighted by molar-refractivity contribution is 6.04. The largest absolute Gasteiger partial charge is 0.454 e. The van der Waals surface area contributed by atoms with Crippen molar-refractivity contribution < 1.29 is 14.3 Å². The van der Waals surface area contributed by atoms with E-state index >= 15 is 0 Å². The Bertz CT molecular complexity index is 1150. The van der Waals surface area contributed by atoms with Crippen molar-refractivity contribution in [3.8, 4) is 11.5 Å². The molecule has 1 saturated heterocycles. The van der Waals surface area contributed by atoms with Crippen LogP contribution in [-0.4, -0.2) is 56.3 Å². The highest BCUT2D eigenvalue weighted by Crippen LogP contribution is 2.33. The normalized spacial score (nSPS) is 17.3. The number of nitrogens with one attached hydrogen (secondary N) is 1. The highest BCUT2D eigenvalue weighted by Gasteiger charge is 2.26. The molecule has 1 amide bonds. The van der Waals surface area contributed by atoms with Gasteiger partial charge in [-0.25, -0.2) is 4.68 Å². The van der Waals surface area contributed by atoms with Crippen LogP contribution in [0.2, 0.25) is 0 Å². The van der Waals surface area contributed by atoms with Crippen molar-refractivity contribution in [2.24, 2.45) is 0 Å². The average molecular weight is 451 g/mol. The van der Waals surface area contributed by atoms with E-state index < -0.39 is 0 Å². The lowest BCUT2D eigenvalue weighted by molar-refractivity contribution is 0.102. The molecule has 33 heavy (non-hydrogen) atoms. The summed E-state index contributed by atoms with van der Waals surface area (Å²) >= 11 is 0. The quantitative estimate of drug-likeness (QED) is 0.620. The number of piperidine rings is 1. The number of likely N-dealkylation sites (tertiary alicyclic amines) is 1. The smallest absolute Gasteiger partial charge is 0.256 e. The molecule has 9 nitrogen and oxygen atoms in total. The summed E-state index contributed by atoms with van der Waals surface area (Å²) in [4.78, 5) is 15.3. The minimum absolute atomic E-state index is 0.186. The zero-order valence-corrected chi connectivity index (χ0v) is 19.3. The molecule has 9 heteroatoms. The third kappa shape index (κ3) is 4.45. The molecule has 0 unspecified atom stereocenters. The summed E-state index contributed by atoms with van der Waals surface area (Å²) in [6.45, 7) is 9.46. The Morgan fingerprint density at radius 3 is 2.70 bits per heavy atom. The average Bonchev–Trinajstić information content (AvgIpc) is 3.53. The molecule has 1 aromatic carbocycles. The van der Waals surface area contributed by atoms with Gasteiger partial charge in [-0.2, -0.15) is 10.2 Å². The van der Waals surface area contributed by atoms with Gasteiger partial charge in [0, 0.05) is 36.5 Å². The van der Waals surface area contributed by atoms with Crippen LogP contribution in [0.3, 0.4) is 0 Å². The van der Waals surface area contributed by atoms with Gasteiger partial charge in [-0.05, 0) is 57.9 Å². The van der Waals surface area contributed by atoms with Crippen molar-refractivity contribution in [1.82, 2.24) is 24.5 Å². The fraction of sp³-hybridized carbons (Fsp3) is 0.458. The lowest BCUT2D eigenvalue weighted by Crippen LogP contribution is -2.42. The molecule has 0 spiro atoms. The second-order valence-electron chi connectivity index (χ2n) is 8.91. The summed E-state index contributed by atoms with van der Waals surface area (Å²) in [5, 5.41) is 12.1. The monoisotopic (exact) mass is 450 g/mol. The number of nitrogens with zero attached hydrogens (tertiary/aromatic N) is 5. The van der Waals surface area contributed by atoms with Crippen molar-refractivity contribution in [2.45, 2.75) is 52.2 Å². The van der Waals surface area contributed by atoms with Gasteiger partial charge in [0.25, 0.3) is 5.91 Å². The van der Waals surface area contributed by atoms with E-state index in [-0.39, 0.29) is 18.7 Å². The molecule has 1 atom stereocenters. The Morgan fingerprint density at radius 2 is 1.94 bits per heavy atom. The van der Waals surface area contributed by atoms with Crippen LogP contribution in [0.1, 0.15) is 47.6 Å². The van der Waals surface area contributed by atoms with Crippen molar-refractivity contribution >= 4 is 11.7 Å². The predicted octanol–water partition coefficient (Wildman–Crippen LogP) is 3.40. The minimum Gasteiger partial charge on any atom is -0.454 e. The second kappa shape index (κ2) is 8.90. The molecular formula is C24H30N6O3. The van der Waals surface area contributed by atoms with Crippen LogP contribution in [0.25, 0.3) is 0 Å². The van der Waals surface area contributed by atoms with E-state index in [1.54, 1.807) is 24.4 Å². The number of ether oxygens (including phenoxy) is 2. The molecule has 0 aliphatic carbocycles. The summed E-state index contributed by atoms with van der Waals surface area (Å²) in [7, 11) is 0. The second-order valence-corrected chi connectivity index (χ2v) is 8.91. The van der Waals surface area contributed by atoms with Gasteiger partial charge in [0.05, 0.1) is 24.5 Å². The van der Waals surface area contributed by atoms with Crippen molar-refractivity contribution in [1.29, 1.82) is 0 Å². The number of aryl methyl sites for hydroxylation is 2. The molecule has 0 radical (unpaired) electrons. The first-order chi connectivity index (χ1) is 16.0. The number of carbonyl (C=O) groups is 1. The van der Waals surface area contributed by atoms with Crippen LogP contribution in [0.5, 0.6) is 11.5 Å². The van der Waals surface area contributed by atoms with Gasteiger partial charge in [-0.3, -0.25) is 14.4 Å². The van der Waals surface area contributed by atoms with E-state index in [1.807, 2.05) is 17.7 Å². The van der Waals surface area contributed by atoms with Gasteiger partial charge >= 0.3 is 0 Å². The molecule has 0 bridgehead atoms. The summed E-state index contributed by atoms with van der Waals surface area (Å²) in [5.74, 6) is 1.78. The Balaban J connectivity index is 1.19. The Morgan fingerprint density at radius 1 is 1.15 bits per heavy atom. The van der Waals surface area contributed by atoms with E-state index in [4.69, 9.17) is 9.47 Å². The molecule has 3 aromatic rings. The minimum atomic E-state index is -0.189. The van der Waals surface area contributed by atoms with Gasteiger partial charge in [0.1, 0.15) is 5.82 Å². The SMILES string of the molecule is Cc1cc(C)n(C[C@H](C)N2CCC(n3nccc3NC(=O)c3ccc4c(c3)OCO4)CC2)n1. The molecule has 0 saturated carbocycles. The van der Waals surface area contributed by atoms with Gasteiger partial charge < -0.3 is 14.8 Å². The molecule has 1 fully saturated rings. The number of fused-ring (bicyclic) bond motifs is 1. The number of hydrogen-bond donors (Lipinski definition) is 1. The summed E-state index contributed by atoms with van der Waals surface area (Å²) < 4.78 is 14.8.